The Morgan fingerprint density at radius 3 is 2.42 bits per heavy atom. The molecule has 0 saturated carbocycles. The normalized spacial score (nSPS) is 13.4. The SMILES string of the molecule is O=C(Cc1cccc(C(F)(F)F)c1F)Nc1ccc2c(c1)C(=O)NC2=O. The van der Waals surface area contributed by atoms with E-state index >= 15 is 0 Å². The second kappa shape index (κ2) is 6.25. The van der Waals surface area contributed by atoms with E-state index in [-0.39, 0.29) is 16.8 Å². The van der Waals surface area contributed by atoms with Crippen LogP contribution in [0.5, 0.6) is 0 Å². The molecule has 0 unspecified atom stereocenters. The number of nitrogens with one attached hydrogen (secondary N) is 2. The van der Waals surface area contributed by atoms with Gasteiger partial charge in [0, 0.05) is 5.69 Å². The predicted molar refractivity (Wildman–Crippen MR) is 82.0 cm³/mol. The zero-order chi connectivity index (χ0) is 19.1. The van der Waals surface area contributed by atoms with E-state index in [2.05, 4.69) is 10.6 Å². The number of carbonyl (C=O) groups is 3. The summed E-state index contributed by atoms with van der Waals surface area (Å²) in [6.45, 7) is 0. The summed E-state index contributed by atoms with van der Waals surface area (Å²) in [5.41, 5.74) is -1.48. The third-order valence-electron chi connectivity index (χ3n) is 3.75. The van der Waals surface area contributed by atoms with Gasteiger partial charge in [0.25, 0.3) is 11.8 Å². The third kappa shape index (κ3) is 3.28. The first kappa shape index (κ1) is 17.6. The maximum Gasteiger partial charge on any atom is 0.419 e. The lowest BCUT2D eigenvalue weighted by molar-refractivity contribution is -0.140. The molecule has 0 atom stereocenters. The van der Waals surface area contributed by atoms with Crippen molar-refractivity contribution in [2.75, 3.05) is 5.32 Å². The van der Waals surface area contributed by atoms with Gasteiger partial charge in [0.05, 0.1) is 23.1 Å². The van der Waals surface area contributed by atoms with Crippen LogP contribution in [0.4, 0.5) is 23.2 Å². The number of carbonyl (C=O) groups excluding carboxylic acids is 3. The number of amides is 3. The number of alkyl halides is 3. The molecular formula is C17H10F4N2O3. The smallest absolute Gasteiger partial charge is 0.326 e. The second-order valence-corrected chi connectivity index (χ2v) is 5.55. The van der Waals surface area contributed by atoms with Crippen molar-refractivity contribution >= 4 is 23.4 Å². The predicted octanol–water partition coefficient (Wildman–Crippen LogP) is 2.91. The molecule has 26 heavy (non-hydrogen) atoms. The Morgan fingerprint density at radius 1 is 1.04 bits per heavy atom. The highest BCUT2D eigenvalue weighted by Gasteiger charge is 2.35. The molecule has 1 aliphatic heterocycles. The van der Waals surface area contributed by atoms with Gasteiger partial charge in [0.2, 0.25) is 5.91 Å². The summed E-state index contributed by atoms with van der Waals surface area (Å²) in [7, 11) is 0. The number of hydrogen-bond acceptors (Lipinski definition) is 3. The Labute approximate surface area is 144 Å². The first-order valence-corrected chi connectivity index (χ1v) is 7.31. The van der Waals surface area contributed by atoms with E-state index < -0.39 is 47.3 Å². The molecule has 1 heterocycles. The van der Waals surface area contributed by atoms with Crippen molar-refractivity contribution < 1.29 is 31.9 Å². The standard InChI is InChI=1S/C17H10F4N2O3/c18-14-8(2-1-3-12(14)17(19,20)21)6-13(24)22-9-4-5-10-11(7-9)16(26)23-15(10)25/h1-5,7H,6H2,(H,22,24)(H,23,25,26). The number of benzene rings is 2. The largest absolute Gasteiger partial charge is 0.419 e. The molecule has 2 aromatic rings. The van der Waals surface area contributed by atoms with Gasteiger partial charge < -0.3 is 5.32 Å². The van der Waals surface area contributed by atoms with Crippen molar-refractivity contribution in [2.24, 2.45) is 0 Å². The van der Waals surface area contributed by atoms with Gasteiger partial charge in [-0.05, 0) is 29.8 Å². The van der Waals surface area contributed by atoms with Crippen LogP contribution in [-0.4, -0.2) is 17.7 Å². The van der Waals surface area contributed by atoms with Gasteiger partial charge in [-0.3, -0.25) is 19.7 Å². The molecule has 1 aliphatic rings. The zero-order valence-corrected chi connectivity index (χ0v) is 12.9. The Bertz CT molecular complexity index is 938. The van der Waals surface area contributed by atoms with Crippen LogP contribution in [0, 0.1) is 5.82 Å². The molecule has 0 bridgehead atoms. The van der Waals surface area contributed by atoms with Crippen molar-refractivity contribution in [3.05, 3.63) is 64.5 Å². The number of rotatable bonds is 3. The summed E-state index contributed by atoms with van der Waals surface area (Å²) < 4.78 is 52.1. The monoisotopic (exact) mass is 366 g/mol. The number of hydrogen-bond donors (Lipinski definition) is 2. The van der Waals surface area contributed by atoms with Gasteiger partial charge in [-0.2, -0.15) is 13.2 Å². The average molecular weight is 366 g/mol. The molecule has 2 N–H and O–H groups in total. The molecule has 0 saturated heterocycles. The van der Waals surface area contributed by atoms with Gasteiger partial charge in [-0.15, -0.1) is 0 Å². The molecule has 3 rings (SSSR count). The van der Waals surface area contributed by atoms with Crippen LogP contribution in [-0.2, 0) is 17.4 Å². The van der Waals surface area contributed by atoms with E-state index in [1.54, 1.807) is 0 Å². The van der Waals surface area contributed by atoms with Crippen LogP contribution < -0.4 is 10.6 Å². The van der Waals surface area contributed by atoms with Gasteiger partial charge in [-0.25, -0.2) is 4.39 Å². The summed E-state index contributed by atoms with van der Waals surface area (Å²) in [5.74, 6) is -3.46. The van der Waals surface area contributed by atoms with E-state index in [0.29, 0.717) is 6.07 Å². The lowest BCUT2D eigenvalue weighted by atomic mass is 10.1. The molecule has 0 radical (unpaired) electrons. The van der Waals surface area contributed by atoms with Crippen LogP contribution in [0.15, 0.2) is 36.4 Å². The highest BCUT2D eigenvalue weighted by atomic mass is 19.4. The molecule has 134 valence electrons. The van der Waals surface area contributed by atoms with Gasteiger partial charge in [0.15, 0.2) is 0 Å². The third-order valence-corrected chi connectivity index (χ3v) is 3.75. The van der Waals surface area contributed by atoms with Gasteiger partial charge in [0.1, 0.15) is 5.82 Å². The maximum absolute atomic E-state index is 14.0. The fourth-order valence-electron chi connectivity index (χ4n) is 2.56. The fraction of sp³-hybridized carbons (Fsp3) is 0.118. The summed E-state index contributed by atoms with van der Waals surface area (Å²) in [4.78, 5) is 35.0. The minimum absolute atomic E-state index is 0.0676. The lowest BCUT2D eigenvalue weighted by Gasteiger charge is -2.11. The molecule has 3 amide bonds. The molecule has 0 spiro atoms. The average Bonchev–Trinajstić information content (AvgIpc) is 2.82. The molecule has 0 aromatic heterocycles. The van der Waals surface area contributed by atoms with Crippen LogP contribution in [0.25, 0.3) is 0 Å². The highest BCUT2D eigenvalue weighted by molar-refractivity contribution is 6.22. The quantitative estimate of drug-likeness (QED) is 0.648. The minimum Gasteiger partial charge on any atom is -0.326 e. The summed E-state index contributed by atoms with van der Waals surface area (Å²) in [5, 5.41) is 4.45. The molecule has 9 heteroatoms. The summed E-state index contributed by atoms with van der Waals surface area (Å²) >= 11 is 0. The number of anilines is 1. The van der Waals surface area contributed by atoms with Crippen LogP contribution in [0.1, 0.15) is 31.8 Å². The molecular weight excluding hydrogens is 356 g/mol. The van der Waals surface area contributed by atoms with E-state index in [9.17, 15) is 31.9 Å². The molecule has 0 aliphatic carbocycles. The topological polar surface area (TPSA) is 75.3 Å². The van der Waals surface area contributed by atoms with Crippen molar-refractivity contribution in [3.63, 3.8) is 0 Å². The minimum atomic E-state index is -4.86. The number of fused-ring (bicyclic) bond motifs is 1. The van der Waals surface area contributed by atoms with E-state index in [1.165, 1.54) is 18.2 Å². The van der Waals surface area contributed by atoms with Gasteiger partial charge >= 0.3 is 6.18 Å². The first-order chi connectivity index (χ1) is 12.2. The van der Waals surface area contributed by atoms with E-state index in [1.807, 2.05) is 0 Å². The van der Waals surface area contributed by atoms with Crippen LogP contribution in [0.3, 0.4) is 0 Å². The van der Waals surface area contributed by atoms with Crippen LogP contribution >= 0.6 is 0 Å². The van der Waals surface area contributed by atoms with Crippen molar-refractivity contribution in [2.45, 2.75) is 12.6 Å². The summed E-state index contributed by atoms with van der Waals surface area (Å²) in [6.07, 6.45) is -5.49. The second-order valence-electron chi connectivity index (χ2n) is 5.55. The summed E-state index contributed by atoms with van der Waals surface area (Å²) in [6, 6.07) is 6.63. The Morgan fingerprint density at radius 2 is 1.73 bits per heavy atom. The van der Waals surface area contributed by atoms with Gasteiger partial charge in [-0.1, -0.05) is 12.1 Å². The van der Waals surface area contributed by atoms with Crippen LogP contribution in [0.2, 0.25) is 0 Å². The van der Waals surface area contributed by atoms with Crippen molar-refractivity contribution in [3.8, 4) is 0 Å². The van der Waals surface area contributed by atoms with E-state index in [0.717, 1.165) is 12.1 Å². The first-order valence-electron chi connectivity index (χ1n) is 7.31. The van der Waals surface area contributed by atoms with E-state index in [4.69, 9.17) is 0 Å². The fourth-order valence-corrected chi connectivity index (χ4v) is 2.56. The zero-order valence-electron chi connectivity index (χ0n) is 12.9. The number of halogens is 4. The Kier molecular flexibility index (Phi) is 4.23. The highest BCUT2D eigenvalue weighted by Crippen LogP contribution is 2.32. The Balaban J connectivity index is 1.78. The lowest BCUT2D eigenvalue weighted by Crippen LogP contribution is -2.20. The van der Waals surface area contributed by atoms with Crippen molar-refractivity contribution in [1.82, 2.24) is 5.32 Å². The molecule has 2 aromatic carbocycles. The Hall–Kier alpha value is -3.23. The number of imide groups is 1. The van der Waals surface area contributed by atoms with Crippen molar-refractivity contribution in [1.29, 1.82) is 0 Å². The molecule has 5 nitrogen and oxygen atoms in total. The maximum atomic E-state index is 14.0. The molecule has 0 fully saturated rings.